The molecule has 0 amide bonds. The molecule has 338 valence electrons. The minimum atomic E-state index is -0.757. The summed E-state index contributed by atoms with van der Waals surface area (Å²) in [5, 5.41) is 0. The molecule has 0 radical (unpaired) electrons. The predicted octanol–water partition coefficient (Wildman–Crippen LogP) is 16.4. The van der Waals surface area contributed by atoms with E-state index in [1.54, 1.807) is 0 Å². The van der Waals surface area contributed by atoms with Gasteiger partial charge in [-0.25, -0.2) is 0 Å². The van der Waals surface area contributed by atoms with Crippen LogP contribution >= 0.6 is 0 Å². The summed E-state index contributed by atoms with van der Waals surface area (Å²) in [4.78, 5) is 37.5. The highest BCUT2D eigenvalue weighted by Gasteiger charge is 2.19. The molecule has 0 N–H and O–H groups in total. The van der Waals surface area contributed by atoms with Crippen LogP contribution in [0.15, 0.2) is 0 Å². The average Bonchev–Trinajstić information content (AvgIpc) is 3.21. The lowest BCUT2D eigenvalue weighted by molar-refractivity contribution is -0.167. The van der Waals surface area contributed by atoms with Crippen molar-refractivity contribution < 1.29 is 28.6 Å². The summed E-state index contributed by atoms with van der Waals surface area (Å²) < 4.78 is 16.6. The van der Waals surface area contributed by atoms with E-state index in [0.29, 0.717) is 19.3 Å². The summed E-state index contributed by atoms with van der Waals surface area (Å²) in [5.41, 5.74) is 0. The monoisotopic (exact) mass is 807 g/mol. The minimum absolute atomic E-state index is 0.0635. The highest BCUT2D eigenvalue weighted by molar-refractivity contribution is 5.71. The summed E-state index contributed by atoms with van der Waals surface area (Å²) >= 11 is 0. The van der Waals surface area contributed by atoms with E-state index in [4.69, 9.17) is 14.2 Å². The van der Waals surface area contributed by atoms with E-state index in [2.05, 4.69) is 20.8 Å². The quantitative estimate of drug-likeness (QED) is 0.0346. The number of carbonyl (C=O) groups is 3. The van der Waals surface area contributed by atoms with Crippen molar-refractivity contribution in [1.29, 1.82) is 0 Å². The Bertz CT molecular complexity index is 844. The first-order chi connectivity index (χ1) is 28.0. The fraction of sp³-hybridized carbons (Fsp3) is 0.941. The van der Waals surface area contributed by atoms with Crippen LogP contribution in [0.1, 0.15) is 290 Å². The number of unbranched alkanes of at least 4 members (excludes halogenated alkanes) is 36. The standard InChI is InChI=1S/C51H98O6/c1-4-7-10-13-15-17-19-20-21-22-23-24-25-26-27-28-29-30-32-33-35-38-41-44-50(53)56-47-48(46-55-49(52)43-40-37-12-9-6-3)57-51(54)45-42-39-36-34-31-18-16-14-11-8-5-2/h48H,4-47H2,1-3H3. The van der Waals surface area contributed by atoms with Crippen molar-refractivity contribution in [2.45, 2.75) is 297 Å². The van der Waals surface area contributed by atoms with E-state index < -0.39 is 6.10 Å². The second-order valence-corrected chi connectivity index (χ2v) is 17.5. The van der Waals surface area contributed by atoms with Gasteiger partial charge in [-0.15, -0.1) is 0 Å². The van der Waals surface area contributed by atoms with Crippen molar-refractivity contribution in [3.8, 4) is 0 Å². The number of hydrogen-bond donors (Lipinski definition) is 0. The van der Waals surface area contributed by atoms with Gasteiger partial charge in [0.2, 0.25) is 0 Å². The zero-order valence-electron chi connectivity index (χ0n) is 38.6. The van der Waals surface area contributed by atoms with Gasteiger partial charge in [-0.2, -0.15) is 0 Å². The van der Waals surface area contributed by atoms with E-state index in [1.165, 1.54) is 186 Å². The Labute approximate surface area is 355 Å². The van der Waals surface area contributed by atoms with Crippen molar-refractivity contribution >= 4 is 17.9 Å². The molecule has 0 heterocycles. The van der Waals surface area contributed by atoms with Crippen LogP contribution in [-0.2, 0) is 28.6 Å². The van der Waals surface area contributed by atoms with Crippen LogP contribution < -0.4 is 0 Å². The van der Waals surface area contributed by atoms with Crippen LogP contribution in [0.2, 0.25) is 0 Å². The van der Waals surface area contributed by atoms with Crippen molar-refractivity contribution in [1.82, 2.24) is 0 Å². The summed E-state index contributed by atoms with van der Waals surface area (Å²) in [6.07, 6.45) is 49.9. The maximum Gasteiger partial charge on any atom is 0.306 e. The molecular formula is C51H98O6. The van der Waals surface area contributed by atoms with Gasteiger partial charge < -0.3 is 14.2 Å². The highest BCUT2D eigenvalue weighted by atomic mass is 16.6. The second kappa shape index (κ2) is 47.1. The third-order valence-electron chi connectivity index (χ3n) is 11.6. The zero-order chi connectivity index (χ0) is 41.5. The van der Waals surface area contributed by atoms with Crippen molar-refractivity contribution in [2.24, 2.45) is 0 Å². The molecule has 0 spiro atoms. The molecule has 0 aromatic rings. The first-order valence-corrected chi connectivity index (χ1v) is 25.5. The molecule has 0 aliphatic heterocycles. The van der Waals surface area contributed by atoms with Gasteiger partial charge in [-0.3, -0.25) is 14.4 Å². The molecule has 0 aromatic carbocycles. The molecule has 0 bridgehead atoms. The lowest BCUT2D eigenvalue weighted by Gasteiger charge is -2.18. The molecule has 0 saturated carbocycles. The summed E-state index contributed by atoms with van der Waals surface area (Å²) in [5.74, 6) is -0.862. The Balaban J connectivity index is 3.99. The van der Waals surface area contributed by atoms with E-state index in [0.717, 1.165) is 64.2 Å². The molecule has 0 aromatic heterocycles. The Morgan fingerprint density at radius 1 is 0.281 bits per heavy atom. The predicted molar refractivity (Wildman–Crippen MR) is 243 cm³/mol. The normalized spacial score (nSPS) is 11.8. The van der Waals surface area contributed by atoms with Crippen molar-refractivity contribution in [3.63, 3.8) is 0 Å². The third kappa shape index (κ3) is 45.3. The van der Waals surface area contributed by atoms with Crippen LogP contribution in [-0.4, -0.2) is 37.2 Å². The van der Waals surface area contributed by atoms with Gasteiger partial charge in [-0.05, 0) is 19.3 Å². The van der Waals surface area contributed by atoms with Crippen LogP contribution in [0.4, 0.5) is 0 Å². The number of rotatable bonds is 47. The smallest absolute Gasteiger partial charge is 0.306 e. The number of hydrogen-bond acceptors (Lipinski definition) is 6. The highest BCUT2D eigenvalue weighted by Crippen LogP contribution is 2.17. The number of carbonyl (C=O) groups excluding carboxylic acids is 3. The van der Waals surface area contributed by atoms with Crippen LogP contribution in [0.5, 0.6) is 0 Å². The molecule has 57 heavy (non-hydrogen) atoms. The lowest BCUT2D eigenvalue weighted by atomic mass is 10.0. The van der Waals surface area contributed by atoms with E-state index in [9.17, 15) is 14.4 Å². The molecule has 1 unspecified atom stereocenters. The van der Waals surface area contributed by atoms with Gasteiger partial charge in [0.1, 0.15) is 13.2 Å². The molecule has 0 fully saturated rings. The molecule has 6 nitrogen and oxygen atoms in total. The second-order valence-electron chi connectivity index (χ2n) is 17.5. The minimum Gasteiger partial charge on any atom is -0.462 e. The van der Waals surface area contributed by atoms with Crippen LogP contribution in [0.3, 0.4) is 0 Å². The lowest BCUT2D eigenvalue weighted by Crippen LogP contribution is -2.30. The van der Waals surface area contributed by atoms with E-state index >= 15 is 0 Å². The van der Waals surface area contributed by atoms with Crippen LogP contribution in [0, 0.1) is 0 Å². The number of ether oxygens (including phenoxy) is 3. The molecule has 0 aliphatic carbocycles. The summed E-state index contributed by atoms with van der Waals surface area (Å²) in [7, 11) is 0. The SMILES string of the molecule is CCCCCCCCCCCCCCCCCCCCCCCCCC(=O)OCC(COC(=O)CCCCCCC)OC(=O)CCCCCCCCCCCCC. The average molecular weight is 807 g/mol. The fourth-order valence-corrected chi connectivity index (χ4v) is 7.74. The van der Waals surface area contributed by atoms with Gasteiger partial charge in [0.05, 0.1) is 0 Å². The largest absolute Gasteiger partial charge is 0.462 e. The number of esters is 3. The fourth-order valence-electron chi connectivity index (χ4n) is 7.74. The van der Waals surface area contributed by atoms with Crippen molar-refractivity contribution in [2.75, 3.05) is 13.2 Å². The van der Waals surface area contributed by atoms with Gasteiger partial charge in [-0.1, -0.05) is 252 Å². The molecule has 6 heteroatoms. The summed E-state index contributed by atoms with van der Waals surface area (Å²) in [6, 6.07) is 0. The Hall–Kier alpha value is -1.59. The molecule has 0 rings (SSSR count). The Kier molecular flexibility index (Phi) is 45.8. The Morgan fingerprint density at radius 2 is 0.474 bits per heavy atom. The maximum absolute atomic E-state index is 12.7. The topological polar surface area (TPSA) is 78.9 Å². The van der Waals surface area contributed by atoms with Crippen LogP contribution in [0.25, 0.3) is 0 Å². The first-order valence-electron chi connectivity index (χ1n) is 25.5. The molecule has 0 saturated heterocycles. The molecule has 1 atom stereocenters. The van der Waals surface area contributed by atoms with Gasteiger partial charge in [0.15, 0.2) is 6.10 Å². The van der Waals surface area contributed by atoms with Crippen molar-refractivity contribution in [3.05, 3.63) is 0 Å². The van der Waals surface area contributed by atoms with Gasteiger partial charge >= 0.3 is 17.9 Å². The first kappa shape index (κ1) is 55.4. The van der Waals surface area contributed by atoms with Gasteiger partial charge in [0, 0.05) is 19.3 Å². The zero-order valence-corrected chi connectivity index (χ0v) is 38.6. The molecular weight excluding hydrogens is 709 g/mol. The maximum atomic E-state index is 12.7. The van der Waals surface area contributed by atoms with E-state index in [1.807, 2.05) is 0 Å². The molecule has 0 aliphatic rings. The Morgan fingerprint density at radius 3 is 0.702 bits per heavy atom. The third-order valence-corrected chi connectivity index (χ3v) is 11.6. The van der Waals surface area contributed by atoms with E-state index in [-0.39, 0.29) is 31.1 Å². The van der Waals surface area contributed by atoms with Gasteiger partial charge in [0.25, 0.3) is 0 Å². The summed E-state index contributed by atoms with van der Waals surface area (Å²) in [6.45, 7) is 6.59.